The van der Waals surface area contributed by atoms with Gasteiger partial charge in [0.25, 0.3) is 5.56 Å². The zero-order valence-electron chi connectivity index (χ0n) is 17.5. The summed E-state index contributed by atoms with van der Waals surface area (Å²) in [4.78, 5) is 26.3. The molecule has 0 radical (unpaired) electrons. The summed E-state index contributed by atoms with van der Waals surface area (Å²) >= 11 is 5.90. The highest BCUT2D eigenvalue weighted by atomic mass is 35.5. The number of fused-ring (bicyclic) bond motifs is 1. The van der Waals surface area contributed by atoms with E-state index in [4.69, 9.17) is 16.3 Å². The molecule has 0 fully saturated rings. The summed E-state index contributed by atoms with van der Waals surface area (Å²) in [5.41, 5.74) is 2.32. The van der Waals surface area contributed by atoms with Crippen LogP contribution in [0.3, 0.4) is 0 Å². The van der Waals surface area contributed by atoms with Gasteiger partial charge in [0, 0.05) is 24.0 Å². The number of nitrogens with one attached hydrogen (secondary N) is 1. The van der Waals surface area contributed by atoms with Crippen LogP contribution in [0.2, 0.25) is 5.02 Å². The molecule has 4 rings (SSSR count). The molecule has 1 amide bonds. The minimum atomic E-state index is -0.261. The van der Waals surface area contributed by atoms with Gasteiger partial charge in [-0.15, -0.1) is 0 Å². The molecular weight excluding hydrogens is 426 g/mol. The lowest BCUT2D eigenvalue weighted by atomic mass is 10.1. The second kappa shape index (κ2) is 9.66. The summed E-state index contributed by atoms with van der Waals surface area (Å²) in [6.07, 6.45) is 0.107. The molecule has 1 heterocycles. The first-order valence-electron chi connectivity index (χ1n) is 10.2. The first-order valence-corrected chi connectivity index (χ1v) is 10.5. The third-order valence-corrected chi connectivity index (χ3v) is 5.43. The van der Waals surface area contributed by atoms with Gasteiger partial charge in [0.15, 0.2) is 0 Å². The van der Waals surface area contributed by atoms with Crippen LogP contribution in [0.5, 0.6) is 5.75 Å². The van der Waals surface area contributed by atoms with Gasteiger partial charge < -0.3 is 9.64 Å². The highest BCUT2D eigenvalue weighted by Gasteiger charge is 2.14. The standard InChI is InChI=1S/C25H22ClN3O3/c1-29(24(30)14-23-21-4-2-3-5-22(21)25(31)28-27-23)15-17-8-12-20(13-9-17)32-16-18-6-10-19(26)11-7-18/h2-13H,14-16H2,1H3,(H,28,31). The van der Waals surface area contributed by atoms with Gasteiger partial charge in [-0.05, 0) is 41.5 Å². The maximum atomic E-state index is 12.8. The van der Waals surface area contributed by atoms with E-state index in [1.165, 1.54) is 0 Å². The van der Waals surface area contributed by atoms with E-state index in [1.807, 2.05) is 60.7 Å². The number of aromatic amines is 1. The largest absolute Gasteiger partial charge is 0.489 e. The van der Waals surface area contributed by atoms with Crippen LogP contribution in [0.1, 0.15) is 16.8 Å². The molecule has 0 aliphatic rings. The molecule has 0 unspecified atom stereocenters. The molecule has 7 heteroatoms. The summed E-state index contributed by atoms with van der Waals surface area (Å²) in [7, 11) is 1.75. The van der Waals surface area contributed by atoms with Crippen LogP contribution in [-0.2, 0) is 24.4 Å². The molecule has 162 valence electrons. The highest BCUT2D eigenvalue weighted by molar-refractivity contribution is 6.30. The number of aromatic nitrogens is 2. The van der Waals surface area contributed by atoms with E-state index in [9.17, 15) is 9.59 Å². The van der Waals surface area contributed by atoms with Gasteiger partial charge in [0.2, 0.25) is 5.91 Å². The molecule has 0 atom stereocenters. The van der Waals surface area contributed by atoms with Gasteiger partial charge in [-0.3, -0.25) is 9.59 Å². The Kier molecular flexibility index (Phi) is 6.52. The molecule has 4 aromatic rings. The zero-order chi connectivity index (χ0) is 22.5. The molecule has 0 aliphatic carbocycles. The summed E-state index contributed by atoms with van der Waals surface area (Å²) in [6, 6.07) is 22.3. The SMILES string of the molecule is CN(Cc1ccc(OCc2ccc(Cl)cc2)cc1)C(=O)Cc1n[nH]c(=O)c2ccccc12. The number of H-pyrrole nitrogens is 1. The van der Waals surface area contributed by atoms with Crippen LogP contribution in [0.4, 0.5) is 0 Å². The molecule has 0 saturated heterocycles. The number of carbonyl (C=O) groups excluding carboxylic acids is 1. The number of carbonyl (C=O) groups is 1. The van der Waals surface area contributed by atoms with Crippen molar-refractivity contribution in [1.29, 1.82) is 0 Å². The fourth-order valence-electron chi connectivity index (χ4n) is 3.38. The molecule has 1 N–H and O–H groups in total. The van der Waals surface area contributed by atoms with Crippen LogP contribution >= 0.6 is 11.6 Å². The second-order valence-electron chi connectivity index (χ2n) is 7.53. The third-order valence-electron chi connectivity index (χ3n) is 5.18. The van der Waals surface area contributed by atoms with E-state index in [2.05, 4.69) is 10.2 Å². The first kappa shape index (κ1) is 21.6. The Labute approximate surface area is 190 Å². The molecular formula is C25H22ClN3O3. The van der Waals surface area contributed by atoms with Crippen LogP contribution in [0, 0.1) is 0 Å². The summed E-state index contributed by atoms with van der Waals surface area (Å²) in [5, 5.41) is 8.48. The minimum Gasteiger partial charge on any atom is -0.489 e. The molecule has 32 heavy (non-hydrogen) atoms. The van der Waals surface area contributed by atoms with E-state index >= 15 is 0 Å². The number of hydrogen-bond acceptors (Lipinski definition) is 4. The molecule has 6 nitrogen and oxygen atoms in total. The van der Waals surface area contributed by atoms with Gasteiger partial charge in [-0.2, -0.15) is 5.10 Å². The van der Waals surface area contributed by atoms with Gasteiger partial charge in [-0.25, -0.2) is 5.10 Å². The van der Waals surface area contributed by atoms with Crippen molar-refractivity contribution in [3.05, 3.63) is 105 Å². The number of halogens is 1. The van der Waals surface area contributed by atoms with Crippen molar-refractivity contribution in [2.75, 3.05) is 7.05 Å². The summed E-state index contributed by atoms with van der Waals surface area (Å²) in [5.74, 6) is 0.666. The number of nitrogens with zero attached hydrogens (tertiary/aromatic N) is 2. The summed E-state index contributed by atoms with van der Waals surface area (Å²) < 4.78 is 5.81. The number of hydrogen-bond donors (Lipinski definition) is 1. The number of ether oxygens (including phenoxy) is 1. The van der Waals surface area contributed by atoms with Crippen LogP contribution in [0.15, 0.2) is 77.6 Å². The predicted molar refractivity (Wildman–Crippen MR) is 125 cm³/mol. The fourth-order valence-corrected chi connectivity index (χ4v) is 3.51. The molecule has 0 saturated carbocycles. The molecule has 0 spiro atoms. The Morgan fingerprint density at radius 2 is 1.62 bits per heavy atom. The van der Waals surface area contributed by atoms with Gasteiger partial charge in [0.05, 0.1) is 17.5 Å². The number of likely N-dealkylation sites (N-methyl/N-ethyl adjacent to an activating group) is 1. The van der Waals surface area contributed by atoms with Crippen LogP contribution < -0.4 is 10.3 Å². The smallest absolute Gasteiger partial charge is 0.272 e. The van der Waals surface area contributed by atoms with Crippen molar-refractivity contribution >= 4 is 28.3 Å². The fraction of sp³-hybridized carbons (Fsp3) is 0.160. The normalized spacial score (nSPS) is 10.8. The lowest BCUT2D eigenvalue weighted by Crippen LogP contribution is -2.28. The minimum absolute atomic E-state index is 0.0854. The van der Waals surface area contributed by atoms with Crippen molar-refractivity contribution in [2.24, 2.45) is 0 Å². The molecule has 0 aliphatic heterocycles. The van der Waals surface area contributed by atoms with Crippen LogP contribution in [0.25, 0.3) is 10.8 Å². The molecule has 0 bridgehead atoms. The number of amides is 1. The highest BCUT2D eigenvalue weighted by Crippen LogP contribution is 2.18. The average molecular weight is 448 g/mol. The van der Waals surface area contributed by atoms with Crippen LogP contribution in [-0.4, -0.2) is 28.1 Å². The Morgan fingerprint density at radius 3 is 2.34 bits per heavy atom. The monoisotopic (exact) mass is 447 g/mol. The average Bonchev–Trinajstić information content (AvgIpc) is 2.81. The van der Waals surface area contributed by atoms with E-state index in [1.54, 1.807) is 24.1 Å². The first-order chi connectivity index (χ1) is 15.5. The van der Waals surface area contributed by atoms with Crippen molar-refractivity contribution in [3.8, 4) is 5.75 Å². The lowest BCUT2D eigenvalue weighted by molar-refractivity contribution is -0.129. The van der Waals surface area contributed by atoms with E-state index in [0.717, 1.165) is 16.9 Å². The maximum Gasteiger partial charge on any atom is 0.272 e. The number of benzene rings is 3. The van der Waals surface area contributed by atoms with Crippen molar-refractivity contribution < 1.29 is 9.53 Å². The van der Waals surface area contributed by atoms with Gasteiger partial charge >= 0.3 is 0 Å². The summed E-state index contributed by atoms with van der Waals surface area (Å²) in [6.45, 7) is 0.909. The second-order valence-corrected chi connectivity index (χ2v) is 7.97. The quantitative estimate of drug-likeness (QED) is 0.457. The van der Waals surface area contributed by atoms with E-state index < -0.39 is 0 Å². The predicted octanol–water partition coefficient (Wildman–Crippen LogP) is 4.36. The van der Waals surface area contributed by atoms with E-state index in [0.29, 0.717) is 34.6 Å². The molecule has 1 aromatic heterocycles. The van der Waals surface area contributed by atoms with Crippen molar-refractivity contribution in [3.63, 3.8) is 0 Å². The molecule has 3 aromatic carbocycles. The Bertz CT molecular complexity index is 1280. The lowest BCUT2D eigenvalue weighted by Gasteiger charge is -2.18. The van der Waals surface area contributed by atoms with Crippen molar-refractivity contribution in [1.82, 2.24) is 15.1 Å². The van der Waals surface area contributed by atoms with Crippen molar-refractivity contribution in [2.45, 2.75) is 19.6 Å². The zero-order valence-corrected chi connectivity index (χ0v) is 18.3. The number of rotatable bonds is 7. The Morgan fingerprint density at radius 1 is 0.969 bits per heavy atom. The third kappa shape index (κ3) is 5.15. The van der Waals surface area contributed by atoms with Gasteiger partial charge in [-0.1, -0.05) is 54.1 Å². The van der Waals surface area contributed by atoms with E-state index in [-0.39, 0.29) is 17.9 Å². The Hall–Kier alpha value is -3.64. The maximum absolute atomic E-state index is 12.8. The topological polar surface area (TPSA) is 75.3 Å². The Balaban J connectivity index is 1.36. The van der Waals surface area contributed by atoms with Gasteiger partial charge in [0.1, 0.15) is 12.4 Å².